The first-order chi connectivity index (χ1) is 9.91. The lowest BCUT2D eigenvalue weighted by molar-refractivity contribution is 0.105. The molecule has 0 radical (unpaired) electrons. The Kier molecular flexibility index (Phi) is 3.37. The van der Waals surface area contributed by atoms with E-state index in [2.05, 4.69) is 5.32 Å². The summed E-state index contributed by atoms with van der Waals surface area (Å²) < 4.78 is 47.1. The van der Waals surface area contributed by atoms with E-state index >= 15 is 0 Å². The van der Waals surface area contributed by atoms with E-state index in [4.69, 9.17) is 22.7 Å². The number of benzene rings is 1. The van der Waals surface area contributed by atoms with Crippen molar-refractivity contribution in [3.63, 3.8) is 0 Å². The van der Waals surface area contributed by atoms with Crippen LogP contribution < -0.4 is 11.1 Å². The van der Waals surface area contributed by atoms with Crippen molar-refractivity contribution in [3.05, 3.63) is 29.6 Å². The number of nitrogens with two attached hydrogens (primary N) is 1. The van der Waals surface area contributed by atoms with Gasteiger partial charge in [0, 0.05) is 17.2 Å². The van der Waals surface area contributed by atoms with Gasteiger partial charge >= 0.3 is 0 Å². The summed E-state index contributed by atoms with van der Waals surface area (Å²) in [5, 5.41) is 2.81. The summed E-state index contributed by atoms with van der Waals surface area (Å²) in [7, 11) is 0. The van der Waals surface area contributed by atoms with Crippen LogP contribution in [0.4, 0.5) is 18.9 Å². The molecule has 1 aromatic carbocycles. The quantitative estimate of drug-likeness (QED) is 0.649. The van der Waals surface area contributed by atoms with Gasteiger partial charge in [-0.05, 0) is 24.6 Å². The fourth-order valence-electron chi connectivity index (χ4n) is 3.16. The predicted molar refractivity (Wildman–Crippen MR) is 77.0 cm³/mol. The summed E-state index contributed by atoms with van der Waals surface area (Å²) in [6, 6.07) is 4.20. The SMILES string of the molecule is Nc1ccc(F)c([C@]23COC[C@H]2C[C@@](F)(CF)C(=S)N3)c1. The molecule has 1 aromatic rings. The molecule has 0 bridgehead atoms. The van der Waals surface area contributed by atoms with Gasteiger partial charge in [0.05, 0.1) is 18.8 Å². The maximum atomic E-state index is 14.4. The number of nitrogen functional groups attached to an aromatic ring is 1. The van der Waals surface area contributed by atoms with Crippen LogP contribution in [0.2, 0.25) is 0 Å². The minimum Gasteiger partial charge on any atom is -0.399 e. The van der Waals surface area contributed by atoms with E-state index in [1.165, 1.54) is 18.2 Å². The molecule has 7 heteroatoms. The number of rotatable bonds is 2. The molecule has 3 N–H and O–H groups in total. The number of ether oxygens (including phenoxy) is 1. The summed E-state index contributed by atoms with van der Waals surface area (Å²) >= 11 is 4.98. The largest absolute Gasteiger partial charge is 0.399 e. The van der Waals surface area contributed by atoms with Crippen LogP contribution in [0.3, 0.4) is 0 Å². The minimum atomic E-state index is -2.21. The molecule has 21 heavy (non-hydrogen) atoms. The second kappa shape index (κ2) is 4.84. The summed E-state index contributed by atoms with van der Waals surface area (Å²) in [6.45, 7) is -0.846. The number of hydrogen-bond acceptors (Lipinski definition) is 3. The third-order valence-corrected chi connectivity index (χ3v) is 4.81. The Morgan fingerprint density at radius 3 is 2.95 bits per heavy atom. The smallest absolute Gasteiger partial charge is 0.189 e. The highest BCUT2D eigenvalue weighted by Gasteiger charge is 2.57. The lowest BCUT2D eigenvalue weighted by atomic mass is 9.72. The van der Waals surface area contributed by atoms with Crippen molar-refractivity contribution >= 4 is 22.9 Å². The van der Waals surface area contributed by atoms with Crippen LogP contribution in [0.15, 0.2) is 18.2 Å². The molecule has 0 unspecified atom stereocenters. The molecule has 2 aliphatic heterocycles. The Hall–Kier alpha value is -1.34. The van der Waals surface area contributed by atoms with Crippen molar-refractivity contribution in [3.8, 4) is 0 Å². The van der Waals surface area contributed by atoms with Crippen LogP contribution in [0, 0.1) is 11.7 Å². The number of anilines is 1. The van der Waals surface area contributed by atoms with E-state index in [-0.39, 0.29) is 30.2 Å². The molecular formula is C14H15F3N2OS. The van der Waals surface area contributed by atoms with E-state index in [0.29, 0.717) is 5.69 Å². The van der Waals surface area contributed by atoms with Gasteiger partial charge in [-0.2, -0.15) is 0 Å². The first kappa shape index (κ1) is 14.6. The molecule has 0 aromatic heterocycles. The number of fused-ring (bicyclic) bond motifs is 1. The first-order valence-electron chi connectivity index (χ1n) is 6.62. The van der Waals surface area contributed by atoms with E-state index < -0.39 is 29.6 Å². The van der Waals surface area contributed by atoms with Crippen LogP contribution in [0.1, 0.15) is 12.0 Å². The number of alkyl halides is 2. The minimum absolute atomic E-state index is 0.135. The number of hydrogen-bond donors (Lipinski definition) is 2. The summed E-state index contributed by atoms with van der Waals surface area (Å²) in [5.41, 5.74) is 3.20. The third-order valence-electron chi connectivity index (χ3n) is 4.34. The molecule has 2 fully saturated rings. The topological polar surface area (TPSA) is 47.3 Å². The lowest BCUT2D eigenvalue weighted by Gasteiger charge is -2.45. The van der Waals surface area contributed by atoms with Gasteiger partial charge in [0.25, 0.3) is 0 Å². The average molecular weight is 316 g/mol. The summed E-state index contributed by atoms with van der Waals surface area (Å²) in [6.07, 6.45) is -0.135. The van der Waals surface area contributed by atoms with Gasteiger partial charge in [-0.1, -0.05) is 12.2 Å². The van der Waals surface area contributed by atoms with E-state index in [1.807, 2.05) is 0 Å². The number of thiocarbonyl (C=S) groups is 1. The maximum absolute atomic E-state index is 14.4. The average Bonchev–Trinajstić information content (AvgIpc) is 2.85. The fraction of sp³-hybridized carbons (Fsp3) is 0.500. The molecule has 2 saturated heterocycles. The Morgan fingerprint density at radius 1 is 1.48 bits per heavy atom. The van der Waals surface area contributed by atoms with Gasteiger partial charge in [-0.3, -0.25) is 0 Å². The van der Waals surface area contributed by atoms with Gasteiger partial charge in [0.15, 0.2) is 5.67 Å². The Bertz CT molecular complexity index is 600. The van der Waals surface area contributed by atoms with Crippen molar-refractivity contribution in [2.45, 2.75) is 17.6 Å². The van der Waals surface area contributed by atoms with Crippen molar-refractivity contribution < 1.29 is 17.9 Å². The summed E-state index contributed by atoms with van der Waals surface area (Å²) in [4.78, 5) is -0.242. The van der Waals surface area contributed by atoms with Crippen LogP contribution in [-0.4, -0.2) is 30.5 Å². The maximum Gasteiger partial charge on any atom is 0.189 e. The van der Waals surface area contributed by atoms with Crippen molar-refractivity contribution in [2.24, 2.45) is 5.92 Å². The van der Waals surface area contributed by atoms with Crippen LogP contribution in [-0.2, 0) is 10.3 Å². The highest BCUT2D eigenvalue weighted by molar-refractivity contribution is 7.80. The van der Waals surface area contributed by atoms with E-state index in [1.54, 1.807) is 0 Å². The zero-order valence-corrected chi connectivity index (χ0v) is 12.0. The molecule has 0 amide bonds. The van der Waals surface area contributed by atoms with Gasteiger partial charge in [0.2, 0.25) is 0 Å². The number of piperidine rings is 1. The molecule has 3 nitrogen and oxygen atoms in total. The van der Waals surface area contributed by atoms with Gasteiger partial charge in [-0.25, -0.2) is 13.2 Å². The molecule has 114 valence electrons. The predicted octanol–water partition coefficient (Wildman–Crippen LogP) is 2.25. The van der Waals surface area contributed by atoms with Gasteiger partial charge in [-0.15, -0.1) is 0 Å². The molecule has 3 rings (SSSR count). The molecule has 3 atom stereocenters. The third kappa shape index (κ3) is 2.10. The molecule has 0 saturated carbocycles. The zero-order valence-electron chi connectivity index (χ0n) is 11.2. The molecule has 2 aliphatic rings. The van der Waals surface area contributed by atoms with Crippen molar-refractivity contribution in [2.75, 3.05) is 25.6 Å². The van der Waals surface area contributed by atoms with Gasteiger partial charge in [0.1, 0.15) is 17.5 Å². The van der Waals surface area contributed by atoms with Crippen LogP contribution >= 0.6 is 12.2 Å². The molecule has 0 aliphatic carbocycles. The summed E-state index contributed by atoms with van der Waals surface area (Å²) in [5.74, 6) is -0.886. The number of halogens is 3. The van der Waals surface area contributed by atoms with Crippen molar-refractivity contribution in [1.29, 1.82) is 0 Å². The Labute approximate surface area is 125 Å². The monoisotopic (exact) mass is 316 g/mol. The highest BCUT2D eigenvalue weighted by atomic mass is 32.1. The molecular weight excluding hydrogens is 301 g/mol. The normalized spacial score (nSPS) is 35.4. The molecule has 0 spiro atoms. The Balaban J connectivity index is 2.07. The Morgan fingerprint density at radius 2 is 2.24 bits per heavy atom. The van der Waals surface area contributed by atoms with Crippen molar-refractivity contribution in [1.82, 2.24) is 5.32 Å². The zero-order chi connectivity index (χ0) is 15.3. The molecule has 2 heterocycles. The van der Waals surface area contributed by atoms with Crippen LogP contribution in [0.25, 0.3) is 0 Å². The second-order valence-electron chi connectivity index (χ2n) is 5.68. The van der Waals surface area contributed by atoms with Crippen LogP contribution in [0.5, 0.6) is 0 Å². The number of nitrogens with one attached hydrogen (secondary N) is 1. The standard InChI is InChI=1S/C14H15F3N2OS/c15-6-13(17)4-8-5-20-7-14(8,19-12(13)21)10-3-9(18)1-2-11(10)16/h1-3,8H,4-7,18H2,(H,19,21)/t8-,13-,14+/m1/s1. The van der Waals surface area contributed by atoms with E-state index in [0.717, 1.165) is 0 Å². The lowest BCUT2D eigenvalue weighted by Crippen LogP contribution is -2.63. The fourth-order valence-corrected chi connectivity index (χ4v) is 3.48. The highest BCUT2D eigenvalue weighted by Crippen LogP contribution is 2.46. The second-order valence-corrected chi connectivity index (χ2v) is 6.09. The van der Waals surface area contributed by atoms with E-state index in [9.17, 15) is 13.2 Å². The van der Waals surface area contributed by atoms with Gasteiger partial charge < -0.3 is 15.8 Å². The first-order valence-corrected chi connectivity index (χ1v) is 7.03.